The number of hydrazine groups is 1. The normalized spacial score (nSPS) is 20.5. The average Bonchev–Trinajstić information content (AvgIpc) is 2.83. The van der Waals surface area contributed by atoms with E-state index < -0.39 is 11.1 Å². The molecule has 2 aliphatic rings. The van der Waals surface area contributed by atoms with E-state index in [1.165, 1.54) is 18.3 Å². The Morgan fingerprint density at radius 2 is 2.09 bits per heavy atom. The molecule has 1 fully saturated rings. The van der Waals surface area contributed by atoms with Gasteiger partial charge in [0.15, 0.2) is 0 Å². The van der Waals surface area contributed by atoms with Gasteiger partial charge in [-0.25, -0.2) is 10.0 Å². The molecule has 1 saturated heterocycles. The summed E-state index contributed by atoms with van der Waals surface area (Å²) in [5.74, 6) is 0.340. The molecule has 0 amide bonds. The summed E-state index contributed by atoms with van der Waals surface area (Å²) in [5, 5.41) is 5.71. The van der Waals surface area contributed by atoms with Gasteiger partial charge in [-0.1, -0.05) is 0 Å². The van der Waals surface area contributed by atoms with Crippen LogP contribution in [0.2, 0.25) is 0 Å². The molecule has 6 N–H and O–H groups in total. The van der Waals surface area contributed by atoms with Crippen LogP contribution in [0.1, 0.15) is 24.8 Å². The molecular formula is C22H32N7O3S-. The third-order valence-corrected chi connectivity index (χ3v) is 6.31. The van der Waals surface area contributed by atoms with E-state index in [0.29, 0.717) is 35.2 Å². The van der Waals surface area contributed by atoms with E-state index in [-0.39, 0.29) is 4.90 Å². The number of nitrogens with two attached hydrogens (primary N) is 2. The van der Waals surface area contributed by atoms with Gasteiger partial charge in [-0.15, -0.1) is 0 Å². The van der Waals surface area contributed by atoms with E-state index in [2.05, 4.69) is 25.7 Å². The molecule has 0 aliphatic carbocycles. The minimum absolute atomic E-state index is 0.0953. The third-order valence-electron chi connectivity index (χ3n) is 5.68. The zero-order chi connectivity index (χ0) is 23.8. The zero-order valence-corrected chi connectivity index (χ0v) is 19.9. The maximum absolute atomic E-state index is 11.7. The van der Waals surface area contributed by atoms with Gasteiger partial charge in [0, 0.05) is 80.0 Å². The molecule has 1 aromatic rings. The Bertz CT molecular complexity index is 984. The molecule has 10 nitrogen and oxygen atoms in total. The monoisotopic (exact) mass is 474 g/mol. The van der Waals surface area contributed by atoms with Crippen molar-refractivity contribution in [2.24, 2.45) is 21.5 Å². The number of amidine groups is 1. The van der Waals surface area contributed by atoms with Crippen molar-refractivity contribution in [2.45, 2.75) is 30.2 Å². The molecule has 11 heteroatoms. The van der Waals surface area contributed by atoms with Gasteiger partial charge in [0.2, 0.25) is 0 Å². The predicted octanol–water partition coefficient (Wildman–Crippen LogP) is 0.776. The molecule has 1 atom stereocenters. The van der Waals surface area contributed by atoms with Gasteiger partial charge in [-0.2, -0.15) is 0 Å². The molecule has 2 aliphatic heterocycles. The SMILES string of the molecule is CN=CC(=CN)c1cc(N=C(N)C2=C(NC3CCOCC3)CCN(NC)C2)cc(S(=O)[O-])c1. The largest absolute Gasteiger partial charge is 0.768 e. The fourth-order valence-corrected chi connectivity index (χ4v) is 4.35. The highest BCUT2D eigenvalue weighted by Gasteiger charge is 2.24. The topological polar surface area (TPSA) is 153 Å². The lowest BCUT2D eigenvalue weighted by molar-refractivity contribution is 0.0795. The molecule has 1 aromatic carbocycles. The summed E-state index contributed by atoms with van der Waals surface area (Å²) in [5.41, 5.74) is 18.9. The number of hydrogen-bond acceptors (Lipinski definition) is 9. The second kappa shape index (κ2) is 12.1. The second-order valence-corrected chi connectivity index (χ2v) is 8.78. The molecule has 2 heterocycles. The molecule has 3 rings (SSSR count). The number of nitrogens with one attached hydrogen (secondary N) is 2. The molecule has 0 saturated carbocycles. The highest BCUT2D eigenvalue weighted by atomic mass is 32.2. The Kier molecular flexibility index (Phi) is 9.15. The highest BCUT2D eigenvalue weighted by Crippen LogP contribution is 2.26. The van der Waals surface area contributed by atoms with Crippen LogP contribution in [0.4, 0.5) is 5.69 Å². The lowest BCUT2D eigenvalue weighted by atomic mass is 10.0. The number of benzene rings is 1. The fraction of sp³-hybridized carbons (Fsp3) is 0.455. The van der Waals surface area contributed by atoms with Gasteiger partial charge in [0.05, 0.1) is 5.69 Å². The summed E-state index contributed by atoms with van der Waals surface area (Å²) in [6, 6.07) is 5.09. The lowest BCUT2D eigenvalue weighted by Gasteiger charge is -2.33. The van der Waals surface area contributed by atoms with Crippen LogP contribution in [0, 0.1) is 0 Å². The van der Waals surface area contributed by atoms with Gasteiger partial charge in [-0.05, 0) is 54.7 Å². The number of rotatable bonds is 8. The van der Waals surface area contributed by atoms with Crippen molar-refractivity contribution in [1.82, 2.24) is 15.8 Å². The van der Waals surface area contributed by atoms with Crippen molar-refractivity contribution in [2.75, 3.05) is 40.4 Å². The van der Waals surface area contributed by atoms with Gasteiger partial charge < -0.3 is 26.1 Å². The van der Waals surface area contributed by atoms with Crippen LogP contribution >= 0.6 is 0 Å². The molecule has 33 heavy (non-hydrogen) atoms. The molecular weight excluding hydrogens is 442 g/mol. The Morgan fingerprint density at radius 3 is 2.73 bits per heavy atom. The average molecular weight is 475 g/mol. The van der Waals surface area contributed by atoms with E-state index in [0.717, 1.165) is 50.3 Å². The van der Waals surface area contributed by atoms with E-state index >= 15 is 0 Å². The third kappa shape index (κ3) is 6.71. The number of aliphatic imine (C=N–C) groups is 2. The van der Waals surface area contributed by atoms with Crippen molar-refractivity contribution in [3.63, 3.8) is 0 Å². The fourth-order valence-electron chi connectivity index (χ4n) is 3.91. The first-order valence-electron chi connectivity index (χ1n) is 10.9. The Hall–Kier alpha value is -2.57. The molecule has 0 radical (unpaired) electrons. The first kappa shape index (κ1) is 25.1. The Morgan fingerprint density at radius 1 is 1.33 bits per heavy atom. The Balaban J connectivity index is 1.99. The standard InChI is InChI=1S/C22H33N7O3S/c1-25-13-16(12-23)15-9-18(11-19(10-15)33(30)31)28-22(24)20-14-29(26-2)6-3-21(20)27-17-4-7-32-8-5-17/h9-13,17,26-27H,3-8,14,23H2,1-2H3,(H2,24,28)(H,30,31)/p-1. The number of ether oxygens (including phenoxy) is 1. The van der Waals surface area contributed by atoms with Crippen LogP contribution in [0.25, 0.3) is 5.57 Å². The minimum Gasteiger partial charge on any atom is -0.768 e. The summed E-state index contributed by atoms with van der Waals surface area (Å²) in [4.78, 5) is 8.68. The van der Waals surface area contributed by atoms with Gasteiger partial charge in [0.1, 0.15) is 5.84 Å². The maximum atomic E-state index is 11.7. The first-order chi connectivity index (χ1) is 15.9. The number of nitrogens with zero attached hydrogens (tertiary/aromatic N) is 3. The molecule has 1 unspecified atom stereocenters. The number of allylic oxidation sites excluding steroid dienone is 1. The van der Waals surface area contributed by atoms with Crippen LogP contribution in [0.5, 0.6) is 0 Å². The molecule has 0 spiro atoms. The highest BCUT2D eigenvalue weighted by molar-refractivity contribution is 7.79. The predicted molar refractivity (Wildman–Crippen MR) is 131 cm³/mol. The summed E-state index contributed by atoms with van der Waals surface area (Å²) < 4.78 is 28.9. The van der Waals surface area contributed by atoms with Crippen molar-refractivity contribution in [3.8, 4) is 0 Å². The van der Waals surface area contributed by atoms with Crippen LogP contribution in [-0.2, 0) is 15.8 Å². The molecule has 0 aromatic heterocycles. The lowest BCUT2D eigenvalue weighted by Crippen LogP contribution is -2.46. The first-order valence-corrected chi connectivity index (χ1v) is 11.9. The van der Waals surface area contributed by atoms with Crippen LogP contribution in [0.3, 0.4) is 0 Å². The molecule has 180 valence electrons. The van der Waals surface area contributed by atoms with Gasteiger partial charge in [-0.3, -0.25) is 14.6 Å². The molecule has 0 bridgehead atoms. The maximum Gasteiger partial charge on any atom is 0.130 e. The van der Waals surface area contributed by atoms with Gasteiger partial charge >= 0.3 is 0 Å². The van der Waals surface area contributed by atoms with Crippen molar-refractivity contribution in [3.05, 3.63) is 41.2 Å². The van der Waals surface area contributed by atoms with Crippen molar-refractivity contribution >= 4 is 34.4 Å². The van der Waals surface area contributed by atoms with E-state index in [4.69, 9.17) is 16.2 Å². The Labute approximate surface area is 197 Å². The van der Waals surface area contributed by atoms with Crippen LogP contribution in [0.15, 0.2) is 50.5 Å². The van der Waals surface area contributed by atoms with Crippen LogP contribution < -0.4 is 22.2 Å². The summed E-state index contributed by atoms with van der Waals surface area (Å²) in [7, 11) is 3.49. The smallest absolute Gasteiger partial charge is 0.130 e. The van der Waals surface area contributed by atoms with E-state index in [1.54, 1.807) is 19.3 Å². The minimum atomic E-state index is -2.44. The van der Waals surface area contributed by atoms with Crippen LogP contribution in [-0.4, -0.2) is 72.3 Å². The second-order valence-electron chi connectivity index (χ2n) is 7.84. The quantitative estimate of drug-likeness (QED) is 0.245. The van der Waals surface area contributed by atoms with Gasteiger partial charge in [0.25, 0.3) is 0 Å². The summed E-state index contributed by atoms with van der Waals surface area (Å²) >= 11 is -2.44. The number of hydrogen-bond donors (Lipinski definition) is 4. The zero-order valence-electron chi connectivity index (χ0n) is 19.0. The summed E-state index contributed by atoms with van der Waals surface area (Å²) in [6.45, 7) is 2.90. The van der Waals surface area contributed by atoms with Crippen molar-refractivity contribution < 1.29 is 13.5 Å². The van der Waals surface area contributed by atoms with Crippen molar-refractivity contribution in [1.29, 1.82) is 0 Å². The summed E-state index contributed by atoms with van der Waals surface area (Å²) in [6.07, 6.45) is 5.62. The van der Waals surface area contributed by atoms with E-state index in [1.807, 2.05) is 7.05 Å². The van der Waals surface area contributed by atoms with E-state index in [9.17, 15) is 8.76 Å².